The Bertz CT molecular complexity index is 293. The first-order chi connectivity index (χ1) is 7.88. The minimum absolute atomic E-state index is 0.300. The predicted octanol–water partition coefficient (Wildman–Crippen LogP) is -1.05. The van der Waals surface area contributed by atoms with Crippen molar-refractivity contribution in [2.24, 2.45) is 11.5 Å². The van der Waals surface area contributed by atoms with Gasteiger partial charge in [0.1, 0.15) is 6.04 Å². The van der Waals surface area contributed by atoms with Gasteiger partial charge in [-0.25, -0.2) is 4.79 Å². The summed E-state index contributed by atoms with van der Waals surface area (Å²) in [6.07, 6.45) is 1.54. The molecule has 0 aromatic rings. The van der Waals surface area contributed by atoms with Crippen LogP contribution in [0.3, 0.4) is 0 Å². The third-order valence-corrected chi connectivity index (χ3v) is 2.22. The zero-order valence-electron chi connectivity index (χ0n) is 9.81. The van der Waals surface area contributed by atoms with Crippen LogP contribution in [-0.2, 0) is 14.4 Å². The molecular formula is C10H19N3O4. The number of aliphatic carboxylic acids is 1. The van der Waals surface area contributed by atoms with Gasteiger partial charge >= 0.3 is 5.97 Å². The van der Waals surface area contributed by atoms with Crippen molar-refractivity contribution in [2.75, 3.05) is 0 Å². The Morgan fingerprint density at radius 3 is 2.35 bits per heavy atom. The maximum Gasteiger partial charge on any atom is 0.326 e. The summed E-state index contributed by atoms with van der Waals surface area (Å²) in [5.74, 6) is -2.49. The fraction of sp³-hybridized carbons (Fsp3) is 0.700. The first-order valence-corrected chi connectivity index (χ1v) is 5.45. The Morgan fingerprint density at radius 2 is 1.94 bits per heavy atom. The topological polar surface area (TPSA) is 136 Å². The lowest BCUT2D eigenvalue weighted by Crippen LogP contribution is -2.49. The molecule has 0 aromatic heterocycles. The number of carbonyl (C=O) groups is 3. The highest BCUT2D eigenvalue weighted by molar-refractivity contribution is 5.90. The predicted molar refractivity (Wildman–Crippen MR) is 60.9 cm³/mol. The number of primary amides is 1. The van der Waals surface area contributed by atoms with Gasteiger partial charge in [-0.1, -0.05) is 19.8 Å². The molecule has 2 atom stereocenters. The van der Waals surface area contributed by atoms with Crippen molar-refractivity contribution in [1.82, 2.24) is 5.32 Å². The van der Waals surface area contributed by atoms with E-state index in [9.17, 15) is 14.4 Å². The van der Waals surface area contributed by atoms with Crippen LogP contribution in [0.1, 0.15) is 32.6 Å². The van der Waals surface area contributed by atoms with Crippen molar-refractivity contribution < 1.29 is 19.5 Å². The van der Waals surface area contributed by atoms with Gasteiger partial charge in [-0.15, -0.1) is 0 Å². The van der Waals surface area contributed by atoms with Crippen LogP contribution in [0.5, 0.6) is 0 Å². The summed E-state index contributed by atoms with van der Waals surface area (Å²) in [6.45, 7) is 1.92. The number of nitrogens with one attached hydrogen (secondary N) is 1. The summed E-state index contributed by atoms with van der Waals surface area (Å²) in [5, 5.41) is 11.2. The van der Waals surface area contributed by atoms with Crippen LogP contribution in [0, 0.1) is 0 Å². The van der Waals surface area contributed by atoms with Gasteiger partial charge in [0.15, 0.2) is 0 Å². The van der Waals surface area contributed by atoms with Gasteiger partial charge in [-0.3, -0.25) is 9.59 Å². The van der Waals surface area contributed by atoms with Gasteiger partial charge in [0.05, 0.1) is 12.5 Å². The number of carboxylic acid groups (broad SMARTS) is 1. The molecule has 1 unspecified atom stereocenters. The van der Waals surface area contributed by atoms with Gasteiger partial charge in [0, 0.05) is 0 Å². The lowest BCUT2D eigenvalue weighted by Gasteiger charge is -2.16. The van der Waals surface area contributed by atoms with Crippen molar-refractivity contribution >= 4 is 17.8 Å². The first-order valence-electron chi connectivity index (χ1n) is 5.45. The number of hydrogen-bond donors (Lipinski definition) is 4. The summed E-state index contributed by atoms with van der Waals surface area (Å²) in [4.78, 5) is 32.8. The number of carboxylic acids is 1. The minimum Gasteiger partial charge on any atom is -0.480 e. The standard InChI is InChI=1S/C10H19N3O4/c1-2-3-4-7(10(16)17)13-9(15)6(11)5-8(12)14/h6-7H,2-5,11H2,1H3,(H2,12,14)(H,13,15)(H,16,17)/t6?,7-/m0/s1. The van der Waals surface area contributed by atoms with Gasteiger partial charge < -0.3 is 21.9 Å². The van der Waals surface area contributed by atoms with Crippen molar-refractivity contribution in [2.45, 2.75) is 44.7 Å². The maximum atomic E-state index is 11.4. The highest BCUT2D eigenvalue weighted by Gasteiger charge is 2.23. The molecule has 0 spiro atoms. The van der Waals surface area contributed by atoms with E-state index in [0.29, 0.717) is 12.8 Å². The second kappa shape index (κ2) is 7.61. The third-order valence-electron chi connectivity index (χ3n) is 2.22. The zero-order chi connectivity index (χ0) is 13.4. The van der Waals surface area contributed by atoms with E-state index in [0.717, 1.165) is 6.42 Å². The van der Waals surface area contributed by atoms with E-state index in [2.05, 4.69) is 5.32 Å². The molecule has 0 aliphatic carbocycles. The molecule has 7 nitrogen and oxygen atoms in total. The van der Waals surface area contributed by atoms with Crippen molar-refractivity contribution in [3.63, 3.8) is 0 Å². The highest BCUT2D eigenvalue weighted by Crippen LogP contribution is 2.01. The Morgan fingerprint density at radius 1 is 1.35 bits per heavy atom. The average Bonchev–Trinajstić information content (AvgIpc) is 2.22. The summed E-state index contributed by atoms with van der Waals surface area (Å²) in [7, 11) is 0. The first kappa shape index (κ1) is 15.4. The number of rotatable bonds is 8. The molecule has 6 N–H and O–H groups in total. The molecule has 0 rings (SSSR count). The van der Waals surface area contributed by atoms with E-state index < -0.39 is 29.9 Å². The summed E-state index contributed by atoms with van der Waals surface area (Å²) < 4.78 is 0. The van der Waals surface area contributed by atoms with Crippen LogP contribution in [0.4, 0.5) is 0 Å². The lowest BCUT2D eigenvalue weighted by molar-refractivity contribution is -0.142. The second-order valence-corrected chi connectivity index (χ2v) is 3.82. The molecular weight excluding hydrogens is 226 g/mol. The van der Waals surface area contributed by atoms with Crippen LogP contribution < -0.4 is 16.8 Å². The lowest BCUT2D eigenvalue weighted by atomic mass is 10.1. The van der Waals surface area contributed by atoms with Gasteiger partial charge in [-0.05, 0) is 6.42 Å². The molecule has 0 saturated carbocycles. The zero-order valence-corrected chi connectivity index (χ0v) is 9.81. The molecule has 2 amide bonds. The van der Waals surface area contributed by atoms with E-state index in [4.69, 9.17) is 16.6 Å². The number of carbonyl (C=O) groups excluding carboxylic acids is 2. The molecule has 0 aliphatic rings. The van der Waals surface area contributed by atoms with Crippen LogP contribution in [-0.4, -0.2) is 35.0 Å². The number of hydrogen-bond acceptors (Lipinski definition) is 4. The molecule has 0 saturated heterocycles. The van der Waals surface area contributed by atoms with Crippen molar-refractivity contribution in [3.8, 4) is 0 Å². The number of unbranched alkanes of at least 4 members (excludes halogenated alkanes) is 1. The average molecular weight is 245 g/mol. The van der Waals surface area contributed by atoms with E-state index in [1.807, 2.05) is 6.92 Å². The highest BCUT2D eigenvalue weighted by atomic mass is 16.4. The Kier molecular flexibility index (Phi) is 6.88. The van der Waals surface area contributed by atoms with E-state index in [1.54, 1.807) is 0 Å². The molecule has 0 aromatic carbocycles. The molecule has 98 valence electrons. The molecule has 0 fully saturated rings. The fourth-order valence-electron chi connectivity index (χ4n) is 1.25. The maximum absolute atomic E-state index is 11.4. The smallest absolute Gasteiger partial charge is 0.326 e. The van der Waals surface area contributed by atoms with Gasteiger partial charge in [0.25, 0.3) is 0 Å². The van der Waals surface area contributed by atoms with Gasteiger partial charge in [-0.2, -0.15) is 0 Å². The SMILES string of the molecule is CCCC[C@H](NC(=O)C(N)CC(N)=O)C(=O)O. The molecule has 0 aliphatic heterocycles. The summed E-state index contributed by atoms with van der Waals surface area (Å²) in [6, 6.07) is -2.07. The van der Waals surface area contributed by atoms with E-state index >= 15 is 0 Å². The summed E-state index contributed by atoms with van der Waals surface area (Å²) in [5.41, 5.74) is 10.3. The van der Waals surface area contributed by atoms with Crippen LogP contribution in [0.25, 0.3) is 0 Å². The second-order valence-electron chi connectivity index (χ2n) is 3.82. The molecule has 0 bridgehead atoms. The Balaban J connectivity index is 4.29. The van der Waals surface area contributed by atoms with E-state index in [-0.39, 0.29) is 6.42 Å². The molecule has 0 radical (unpaired) electrons. The number of amides is 2. The minimum atomic E-state index is -1.11. The molecule has 7 heteroatoms. The van der Waals surface area contributed by atoms with Crippen LogP contribution in [0.15, 0.2) is 0 Å². The third kappa shape index (κ3) is 6.52. The monoisotopic (exact) mass is 245 g/mol. The summed E-state index contributed by atoms with van der Waals surface area (Å²) >= 11 is 0. The Labute approximate surface area is 99.5 Å². The Hall–Kier alpha value is -1.63. The normalized spacial score (nSPS) is 13.8. The van der Waals surface area contributed by atoms with Crippen molar-refractivity contribution in [3.05, 3.63) is 0 Å². The van der Waals surface area contributed by atoms with Crippen LogP contribution in [0.2, 0.25) is 0 Å². The quantitative estimate of drug-likeness (QED) is 0.432. The van der Waals surface area contributed by atoms with Crippen molar-refractivity contribution in [1.29, 1.82) is 0 Å². The number of nitrogens with two attached hydrogens (primary N) is 2. The van der Waals surface area contributed by atoms with E-state index in [1.165, 1.54) is 0 Å². The van der Waals surface area contributed by atoms with Gasteiger partial charge in [0.2, 0.25) is 11.8 Å². The largest absolute Gasteiger partial charge is 0.480 e. The van der Waals surface area contributed by atoms with Crippen LogP contribution >= 0.6 is 0 Å². The fourth-order valence-corrected chi connectivity index (χ4v) is 1.25. The molecule has 0 heterocycles. The molecule has 17 heavy (non-hydrogen) atoms.